The first-order valence-electron chi connectivity index (χ1n) is 18.8. The van der Waals surface area contributed by atoms with Crippen molar-refractivity contribution in [3.05, 3.63) is 206 Å². The van der Waals surface area contributed by atoms with Gasteiger partial charge in [0, 0.05) is 56.9 Å². The van der Waals surface area contributed by atoms with Gasteiger partial charge in [0.25, 0.3) is 0 Å². The molecule has 1 N–H and O–H groups in total. The zero-order chi connectivity index (χ0) is 38.3. The smallest absolute Gasteiger partial charge is 0.159 e. The van der Waals surface area contributed by atoms with E-state index in [1.54, 1.807) is 12.1 Å². The first-order valence-corrected chi connectivity index (χ1v) is 18.8. The van der Waals surface area contributed by atoms with E-state index in [1.165, 1.54) is 12.1 Å². The average molecular weight is 740 g/mol. The van der Waals surface area contributed by atoms with Crippen LogP contribution in [-0.2, 0) is 0 Å². The summed E-state index contributed by atoms with van der Waals surface area (Å²) < 4.78 is 20.4. The van der Waals surface area contributed by atoms with Crippen LogP contribution in [-0.4, -0.2) is 10.1 Å². The third-order valence-electron chi connectivity index (χ3n) is 10.5. The van der Waals surface area contributed by atoms with Crippen molar-refractivity contribution in [1.29, 1.82) is 0 Å². The van der Waals surface area contributed by atoms with Gasteiger partial charge in [-0.3, -0.25) is 4.90 Å². The Morgan fingerprint density at radius 2 is 1.04 bits per heavy atom. The fraction of sp³-hybridized carbons (Fsp3) is 0. The Labute approximate surface area is 328 Å². The molecule has 8 aromatic carbocycles. The summed E-state index contributed by atoms with van der Waals surface area (Å²) in [5, 5.41) is 16.0. The van der Waals surface area contributed by atoms with Crippen molar-refractivity contribution in [3.63, 3.8) is 0 Å². The third-order valence-corrected chi connectivity index (χ3v) is 10.5. The number of aromatic nitrogens is 1. The number of fused-ring (bicyclic) bond motifs is 4. The minimum atomic E-state index is -0.291. The molecule has 0 saturated carbocycles. The predicted molar refractivity (Wildman–Crippen MR) is 231 cm³/mol. The van der Waals surface area contributed by atoms with Crippen molar-refractivity contribution in [1.82, 2.24) is 4.98 Å². The molecule has 10 aromatic rings. The molecule has 0 bridgehead atoms. The van der Waals surface area contributed by atoms with Crippen LogP contribution >= 0.6 is 0 Å². The normalized spacial score (nSPS) is 11.3. The Bertz CT molecular complexity index is 3040. The van der Waals surface area contributed by atoms with Crippen molar-refractivity contribution in [2.75, 3.05) is 9.80 Å². The minimum absolute atomic E-state index is 0.163. The molecular weight excluding hydrogens is 706 g/mol. The van der Waals surface area contributed by atoms with E-state index in [0.717, 1.165) is 83.4 Å². The lowest BCUT2D eigenvalue weighted by Gasteiger charge is -2.26. The lowest BCUT2D eigenvalue weighted by molar-refractivity contribution is 0.477. The lowest BCUT2D eigenvalue weighted by Crippen LogP contribution is -2.11. The van der Waals surface area contributed by atoms with Gasteiger partial charge in [-0.05, 0) is 107 Å². The molecule has 0 saturated heterocycles. The van der Waals surface area contributed by atoms with Gasteiger partial charge < -0.3 is 14.4 Å². The van der Waals surface area contributed by atoms with E-state index in [9.17, 15) is 9.50 Å². The molecule has 0 radical (unpaired) electrons. The summed E-state index contributed by atoms with van der Waals surface area (Å²) in [6, 6.07) is 63.1. The molecule has 0 aliphatic rings. The van der Waals surface area contributed by atoms with Gasteiger partial charge in [-0.2, -0.15) is 0 Å². The number of rotatable bonds is 8. The van der Waals surface area contributed by atoms with Crippen LogP contribution < -0.4 is 9.80 Å². The maximum Gasteiger partial charge on any atom is 0.159 e. The second-order valence-electron chi connectivity index (χ2n) is 13.9. The van der Waals surface area contributed by atoms with Gasteiger partial charge >= 0.3 is 0 Å². The Morgan fingerprint density at radius 3 is 1.74 bits per heavy atom. The van der Waals surface area contributed by atoms with Crippen LogP contribution in [0.25, 0.3) is 55.0 Å². The number of phenols is 1. The molecule has 0 fully saturated rings. The molecule has 0 atom stereocenters. The Morgan fingerprint density at radius 1 is 0.456 bits per heavy atom. The van der Waals surface area contributed by atoms with Crippen molar-refractivity contribution >= 4 is 67.0 Å². The van der Waals surface area contributed by atoms with Crippen LogP contribution in [0, 0.1) is 5.82 Å². The average Bonchev–Trinajstić information content (AvgIpc) is 3.65. The van der Waals surface area contributed by atoms with Gasteiger partial charge in [-0.25, -0.2) is 9.37 Å². The molecule has 2 heterocycles. The topological polar surface area (TPSA) is 52.7 Å². The zero-order valence-corrected chi connectivity index (χ0v) is 30.6. The number of halogens is 1. The van der Waals surface area contributed by atoms with Crippen LogP contribution in [0.15, 0.2) is 205 Å². The standard InChI is InChI=1S/C51H34FN3O2/c52-35-23-25-38(26-24-35)55(37-14-5-2-6-15-37)50-31-22-34(33-53-50)40-29-30-43(42-17-8-7-16-41(40)42)44-28-27-39(32-48(44)56)54(36-12-3-1-4-13-36)47-20-11-19-46-45-18-9-10-21-49(45)57-51(46)47/h1-33,56H. The fourth-order valence-electron chi connectivity index (χ4n) is 7.84. The van der Waals surface area contributed by atoms with Gasteiger partial charge in [-0.1, -0.05) is 103 Å². The van der Waals surface area contributed by atoms with E-state index in [2.05, 4.69) is 71.6 Å². The number of anilines is 6. The highest BCUT2D eigenvalue weighted by atomic mass is 19.1. The van der Waals surface area contributed by atoms with E-state index in [0.29, 0.717) is 5.82 Å². The highest BCUT2D eigenvalue weighted by Gasteiger charge is 2.21. The second kappa shape index (κ2) is 14.2. The van der Waals surface area contributed by atoms with E-state index in [-0.39, 0.29) is 11.6 Å². The highest BCUT2D eigenvalue weighted by molar-refractivity contribution is 6.10. The molecule has 6 heteroatoms. The van der Waals surface area contributed by atoms with Gasteiger partial charge in [0.15, 0.2) is 5.58 Å². The quantitative estimate of drug-likeness (QED) is 0.168. The molecule has 5 nitrogen and oxygen atoms in total. The maximum absolute atomic E-state index is 13.9. The Kier molecular flexibility index (Phi) is 8.42. The van der Waals surface area contributed by atoms with Crippen LogP contribution in [0.4, 0.5) is 38.6 Å². The van der Waals surface area contributed by atoms with E-state index >= 15 is 0 Å². The number of aromatic hydroxyl groups is 1. The monoisotopic (exact) mass is 739 g/mol. The largest absolute Gasteiger partial charge is 0.507 e. The van der Waals surface area contributed by atoms with Crippen molar-refractivity contribution in [3.8, 4) is 28.0 Å². The first-order chi connectivity index (χ1) is 28.1. The molecule has 0 amide bonds. The zero-order valence-electron chi connectivity index (χ0n) is 30.6. The van der Waals surface area contributed by atoms with E-state index in [4.69, 9.17) is 9.40 Å². The number of hydrogen-bond donors (Lipinski definition) is 1. The minimum Gasteiger partial charge on any atom is -0.507 e. The molecule has 0 spiro atoms. The SMILES string of the molecule is Oc1cc(N(c2ccccc2)c2cccc3c2oc2ccccc23)ccc1-c1ccc(-c2ccc(N(c3ccccc3)c3ccc(F)cc3)nc2)c2ccccc12. The number of benzene rings is 8. The molecule has 0 unspecified atom stereocenters. The van der Waals surface area contributed by atoms with Gasteiger partial charge in [0.1, 0.15) is 23.0 Å². The molecule has 0 aliphatic heterocycles. The summed E-state index contributed by atoms with van der Waals surface area (Å²) in [7, 11) is 0. The van der Waals surface area contributed by atoms with Gasteiger partial charge in [0.05, 0.1) is 5.69 Å². The van der Waals surface area contributed by atoms with Crippen molar-refractivity contribution in [2.45, 2.75) is 0 Å². The third kappa shape index (κ3) is 6.10. The number of phenolic OH excluding ortho intramolecular Hbond substituents is 1. The fourth-order valence-corrected chi connectivity index (χ4v) is 7.84. The lowest BCUT2D eigenvalue weighted by atomic mass is 9.92. The van der Waals surface area contributed by atoms with Crippen LogP contribution in [0.2, 0.25) is 0 Å². The van der Waals surface area contributed by atoms with E-state index < -0.39 is 0 Å². The number of para-hydroxylation sites is 4. The summed E-state index contributed by atoms with van der Waals surface area (Å²) in [5.74, 6) is 0.583. The van der Waals surface area contributed by atoms with Crippen LogP contribution in [0.5, 0.6) is 5.75 Å². The maximum atomic E-state index is 13.9. The highest BCUT2D eigenvalue weighted by Crippen LogP contribution is 2.45. The number of furan rings is 1. The van der Waals surface area contributed by atoms with Gasteiger partial charge in [0.2, 0.25) is 0 Å². The summed E-state index contributed by atoms with van der Waals surface area (Å²) in [6.07, 6.45) is 1.88. The first kappa shape index (κ1) is 33.8. The molecule has 10 rings (SSSR count). The van der Waals surface area contributed by atoms with Crippen LogP contribution in [0.3, 0.4) is 0 Å². The number of pyridine rings is 1. The summed E-state index contributed by atoms with van der Waals surface area (Å²) >= 11 is 0. The van der Waals surface area contributed by atoms with Crippen LogP contribution in [0.1, 0.15) is 0 Å². The second-order valence-corrected chi connectivity index (χ2v) is 13.9. The van der Waals surface area contributed by atoms with Gasteiger partial charge in [-0.15, -0.1) is 0 Å². The Hall–Kier alpha value is -7.70. The number of hydrogen-bond acceptors (Lipinski definition) is 5. The Balaban J connectivity index is 1.03. The van der Waals surface area contributed by atoms with Crippen molar-refractivity contribution in [2.24, 2.45) is 0 Å². The molecule has 272 valence electrons. The molecule has 2 aromatic heterocycles. The number of nitrogens with zero attached hydrogens (tertiary/aromatic N) is 3. The summed E-state index contributed by atoms with van der Waals surface area (Å²) in [5.41, 5.74) is 9.56. The predicted octanol–water partition coefficient (Wildman–Crippen LogP) is 14.3. The molecule has 57 heavy (non-hydrogen) atoms. The summed E-state index contributed by atoms with van der Waals surface area (Å²) in [6.45, 7) is 0. The van der Waals surface area contributed by atoms with Crippen molar-refractivity contribution < 1.29 is 13.9 Å². The molecular formula is C51H34FN3O2. The summed E-state index contributed by atoms with van der Waals surface area (Å²) in [4.78, 5) is 9.05. The molecule has 0 aliphatic carbocycles. The van der Waals surface area contributed by atoms with E-state index in [1.807, 2.05) is 114 Å².